The lowest BCUT2D eigenvalue weighted by Crippen LogP contribution is -2.54. The van der Waals surface area contributed by atoms with Gasteiger partial charge in [-0.25, -0.2) is 13.1 Å². The minimum atomic E-state index is -3.86. The molecule has 0 saturated heterocycles. The molecule has 0 aromatic heterocycles. The fourth-order valence-electron chi connectivity index (χ4n) is 6.10. The fraction of sp³-hybridized carbons (Fsp3) is 0.417. The zero-order chi connectivity index (χ0) is 33.6. The highest BCUT2D eigenvalue weighted by Crippen LogP contribution is 2.28. The van der Waals surface area contributed by atoms with Gasteiger partial charge in [0.2, 0.25) is 21.8 Å². The number of nitrogen functional groups attached to an aromatic ring is 1. The van der Waals surface area contributed by atoms with Gasteiger partial charge in [0.1, 0.15) is 17.9 Å². The van der Waals surface area contributed by atoms with Gasteiger partial charge in [0, 0.05) is 25.1 Å². The Morgan fingerprint density at radius 3 is 2.19 bits per heavy atom. The molecule has 0 spiro atoms. The Balaban J connectivity index is 1.50. The second kappa shape index (κ2) is 17.7. The maximum atomic E-state index is 13.9. The third-order valence-electron chi connectivity index (χ3n) is 8.70. The van der Waals surface area contributed by atoms with Gasteiger partial charge in [0.05, 0.1) is 5.75 Å². The van der Waals surface area contributed by atoms with Gasteiger partial charge in [0.15, 0.2) is 0 Å². The summed E-state index contributed by atoms with van der Waals surface area (Å²) in [5.74, 6) is -0.646. The molecule has 0 heterocycles. The first kappa shape index (κ1) is 35.8. The minimum absolute atomic E-state index is 0.0456. The zero-order valence-electron chi connectivity index (χ0n) is 26.9. The standard InChI is InChI=1S/C36H48N6O4S/c37-23-30-15-7-14-29(21-30)22-33(35(43)40-24-27-17-19-31(20-18-27)34(38)39)41-36(44)32(16-8-13-26-9-3-1-4-10-26)42-47(45,46)25-28-11-5-2-6-12-28/h2,5-7,11-12,14-15,17-21,26,32-33,42H,1,3-4,8-10,13,16,22-25,37H2,(H3,38,39)(H,40,43)(H,41,44). The van der Waals surface area contributed by atoms with Crippen molar-refractivity contribution in [3.8, 4) is 0 Å². The summed E-state index contributed by atoms with van der Waals surface area (Å²) in [4.78, 5) is 27.5. The summed E-state index contributed by atoms with van der Waals surface area (Å²) >= 11 is 0. The number of rotatable bonds is 17. The van der Waals surface area contributed by atoms with E-state index in [0.717, 1.165) is 36.0 Å². The SMILES string of the molecule is N=C(N)c1ccc(CNC(=O)C(Cc2cccc(CN)c2)NC(=O)C(CCCC2CCCCC2)NS(=O)(=O)Cc2ccccc2)cc1. The highest BCUT2D eigenvalue weighted by molar-refractivity contribution is 7.88. The molecule has 1 aliphatic rings. The van der Waals surface area contributed by atoms with E-state index in [1.165, 1.54) is 19.3 Å². The predicted molar refractivity (Wildman–Crippen MR) is 186 cm³/mol. The average molecular weight is 661 g/mol. The first-order valence-electron chi connectivity index (χ1n) is 16.4. The molecule has 0 radical (unpaired) electrons. The number of benzene rings is 3. The van der Waals surface area contributed by atoms with Crippen molar-refractivity contribution < 1.29 is 18.0 Å². The molecule has 11 heteroatoms. The number of hydrogen-bond acceptors (Lipinski definition) is 6. The molecule has 252 valence electrons. The van der Waals surface area contributed by atoms with Gasteiger partial charge in [-0.2, -0.15) is 0 Å². The summed E-state index contributed by atoms with van der Waals surface area (Å²) in [6.45, 7) is 0.528. The molecule has 2 atom stereocenters. The van der Waals surface area contributed by atoms with Gasteiger partial charge in [-0.15, -0.1) is 0 Å². The van der Waals surface area contributed by atoms with E-state index in [-0.39, 0.29) is 24.6 Å². The van der Waals surface area contributed by atoms with Crippen LogP contribution in [0.15, 0.2) is 78.9 Å². The van der Waals surface area contributed by atoms with Gasteiger partial charge >= 0.3 is 0 Å². The molecule has 1 saturated carbocycles. The highest BCUT2D eigenvalue weighted by Gasteiger charge is 2.29. The molecule has 2 amide bonds. The van der Waals surface area contributed by atoms with E-state index in [4.69, 9.17) is 16.9 Å². The zero-order valence-corrected chi connectivity index (χ0v) is 27.7. The molecule has 10 nitrogen and oxygen atoms in total. The summed E-state index contributed by atoms with van der Waals surface area (Å²) in [7, 11) is -3.86. The Kier molecular flexibility index (Phi) is 13.5. The monoisotopic (exact) mass is 660 g/mol. The van der Waals surface area contributed by atoms with Crippen LogP contribution >= 0.6 is 0 Å². The van der Waals surface area contributed by atoms with Gasteiger partial charge in [0.25, 0.3) is 0 Å². The average Bonchev–Trinajstić information content (AvgIpc) is 3.07. The van der Waals surface area contributed by atoms with Crippen LogP contribution in [0.25, 0.3) is 0 Å². The number of sulfonamides is 1. The van der Waals surface area contributed by atoms with Crippen LogP contribution in [0.5, 0.6) is 0 Å². The van der Waals surface area contributed by atoms with Crippen LogP contribution in [0.4, 0.5) is 0 Å². The molecular formula is C36H48N6O4S. The van der Waals surface area contributed by atoms with Crippen LogP contribution in [-0.4, -0.2) is 38.2 Å². The number of nitrogens with two attached hydrogens (primary N) is 2. The molecule has 1 aliphatic carbocycles. The van der Waals surface area contributed by atoms with Gasteiger partial charge in [-0.1, -0.05) is 124 Å². The number of amides is 2. The number of hydrogen-bond donors (Lipinski definition) is 6. The number of carbonyl (C=O) groups excluding carboxylic acids is 2. The van der Waals surface area contributed by atoms with Gasteiger partial charge in [-0.3, -0.25) is 15.0 Å². The summed E-state index contributed by atoms with van der Waals surface area (Å²) < 4.78 is 29.2. The molecule has 47 heavy (non-hydrogen) atoms. The summed E-state index contributed by atoms with van der Waals surface area (Å²) in [6, 6.07) is 21.3. The molecule has 8 N–H and O–H groups in total. The Morgan fingerprint density at radius 2 is 1.51 bits per heavy atom. The highest BCUT2D eigenvalue weighted by atomic mass is 32.2. The molecule has 3 aromatic carbocycles. The van der Waals surface area contributed by atoms with Crippen molar-refractivity contribution in [3.05, 3.63) is 107 Å². The van der Waals surface area contributed by atoms with E-state index < -0.39 is 33.9 Å². The number of amidine groups is 1. The van der Waals surface area contributed by atoms with E-state index in [9.17, 15) is 18.0 Å². The van der Waals surface area contributed by atoms with Crippen LogP contribution in [0, 0.1) is 11.3 Å². The van der Waals surface area contributed by atoms with Crippen molar-refractivity contribution in [1.82, 2.24) is 15.4 Å². The minimum Gasteiger partial charge on any atom is -0.384 e. The lowest BCUT2D eigenvalue weighted by Gasteiger charge is -2.25. The first-order valence-corrected chi connectivity index (χ1v) is 18.1. The molecule has 0 bridgehead atoms. The van der Waals surface area contributed by atoms with E-state index >= 15 is 0 Å². The quantitative estimate of drug-likeness (QED) is 0.0940. The Morgan fingerprint density at radius 1 is 0.830 bits per heavy atom. The van der Waals surface area contributed by atoms with Crippen molar-refractivity contribution in [2.75, 3.05) is 0 Å². The van der Waals surface area contributed by atoms with Crippen molar-refractivity contribution in [3.63, 3.8) is 0 Å². The lowest BCUT2D eigenvalue weighted by atomic mass is 9.85. The summed E-state index contributed by atoms with van der Waals surface area (Å²) in [5.41, 5.74) is 15.1. The van der Waals surface area contributed by atoms with Crippen LogP contribution in [0.2, 0.25) is 0 Å². The largest absolute Gasteiger partial charge is 0.384 e. The molecule has 4 rings (SSSR count). The molecule has 0 aliphatic heterocycles. The van der Waals surface area contributed by atoms with Crippen molar-refractivity contribution in [2.45, 2.75) is 88.7 Å². The molecule has 2 unspecified atom stereocenters. The number of carbonyl (C=O) groups is 2. The van der Waals surface area contributed by atoms with Crippen molar-refractivity contribution in [2.24, 2.45) is 17.4 Å². The normalized spacial score (nSPS) is 15.0. The Bertz CT molecular complexity index is 1570. The Labute approximate surface area is 278 Å². The first-order chi connectivity index (χ1) is 22.6. The smallest absolute Gasteiger partial charge is 0.243 e. The maximum Gasteiger partial charge on any atom is 0.243 e. The molecule has 3 aromatic rings. The van der Waals surface area contributed by atoms with E-state index in [1.54, 1.807) is 48.5 Å². The third kappa shape index (κ3) is 11.9. The second-order valence-electron chi connectivity index (χ2n) is 12.5. The number of nitrogens with one attached hydrogen (secondary N) is 4. The Hall–Kier alpha value is -4.06. The summed E-state index contributed by atoms with van der Waals surface area (Å²) in [6.07, 6.45) is 8.15. The third-order valence-corrected chi connectivity index (χ3v) is 10.1. The predicted octanol–water partition coefficient (Wildman–Crippen LogP) is 4.01. The van der Waals surface area contributed by atoms with E-state index in [0.29, 0.717) is 36.4 Å². The van der Waals surface area contributed by atoms with Crippen LogP contribution in [-0.2, 0) is 44.9 Å². The van der Waals surface area contributed by atoms with Gasteiger partial charge in [-0.05, 0) is 34.6 Å². The summed E-state index contributed by atoms with van der Waals surface area (Å²) in [5, 5.41) is 13.4. The van der Waals surface area contributed by atoms with Crippen LogP contribution < -0.4 is 26.8 Å². The van der Waals surface area contributed by atoms with Crippen molar-refractivity contribution >= 4 is 27.7 Å². The molecular weight excluding hydrogens is 613 g/mol. The molecule has 1 fully saturated rings. The van der Waals surface area contributed by atoms with Crippen molar-refractivity contribution in [1.29, 1.82) is 5.41 Å². The van der Waals surface area contributed by atoms with Gasteiger partial charge < -0.3 is 22.1 Å². The van der Waals surface area contributed by atoms with E-state index in [2.05, 4.69) is 15.4 Å². The maximum absolute atomic E-state index is 13.9. The topological polar surface area (TPSA) is 180 Å². The van der Waals surface area contributed by atoms with Crippen LogP contribution in [0.3, 0.4) is 0 Å². The fourth-order valence-corrected chi connectivity index (χ4v) is 7.47. The lowest BCUT2D eigenvalue weighted by molar-refractivity contribution is -0.130. The van der Waals surface area contributed by atoms with Crippen LogP contribution in [0.1, 0.15) is 79.2 Å². The van der Waals surface area contributed by atoms with E-state index in [1.807, 2.05) is 30.3 Å². The second-order valence-corrected chi connectivity index (χ2v) is 14.2.